The minimum absolute atomic E-state index is 0.0446. The highest BCUT2D eigenvalue weighted by Crippen LogP contribution is 2.38. The molecule has 1 aromatic carbocycles. The van der Waals surface area contributed by atoms with Gasteiger partial charge in [-0.1, -0.05) is 6.42 Å². The quantitative estimate of drug-likeness (QED) is 0.565. The molecule has 2 aliphatic carbocycles. The molecule has 1 aromatic heterocycles. The average Bonchev–Trinajstić information content (AvgIpc) is 3.58. The van der Waals surface area contributed by atoms with Crippen LogP contribution in [0.15, 0.2) is 30.5 Å². The Hall–Kier alpha value is -3.21. The molecular weight excluding hydrogens is 497 g/mol. The number of nitrogens with zero attached hydrogens (tertiary/aromatic N) is 4. The van der Waals surface area contributed by atoms with Crippen molar-refractivity contribution in [1.82, 2.24) is 25.1 Å². The van der Waals surface area contributed by atoms with Gasteiger partial charge >= 0.3 is 6.18 Å². The second kappa shape index (κ2) is 10.9. The van der Waals surface area contributed by atoms with Gasteiger partial charge in [-0.15, -0.1) is 0 Å². The highest BCUT2D eigenvalue weighted by Gasteiger charge is 2.39. The fraction of sp³-hybridized carbons (Fsp3) is 0.556. The summed E-state index contributed by atoms with van der Waals surface area (Å²) in [6, 6.07) is 6.98. The summed E-state index contributed by atoms with van der Waals surface area (Å²) in [5.41, 5.74) is 0.136. The van der Waals surface area contributed by atoms with E-state index in [0.29, 0.717) is 37.2 Å². The van der Waals surface area contributed by atoms with Gasteiger partial charge in [-0.25, -0.2) is 9.97 Å². The second-order valence-electron chi connectivity index (χ2n) is 10.6. The van der Waals surface area contributed by atoms with Gasteiger partial charge < -0.3 is 20.4 Å². The SMILES string of the molecule is CN1CCN(C(=O)c2ccc(Nc3ncc(C(F)(F)F)c(C[C@@H]4CCC[C@@H]4C(=O)NC4CC4)n3)cc2)CC1. The van der Waals surface area contributed by atoms with Crippen LogP contribution in [0.1, 0.15) is 53.7 Å². The molecule has 0 unspecified atom stereocenters. The van der Waals surface area contributed by atoms with Crippen LogP contribution in [-0.2, 0) is 17.4 Å². The van der Waals surface area contributed by atoms with E-state index in [1.54, 1.807) is 24.3 Å². The first kappa shape index (κ1) is 26.4. The Morgan fingerprint density at radius 2 is 1.74 bits per heavy atom. The Bertz CT molecular complexity index is 1160. The normalized spacial score (nSPS) is 22.4. The maximum atomic E-state index is 13.8. The molecule has 0 bridgehead atoms. The molecule has 2 N–H and O–H groups in total. The smallest absolute Gasteiger partial charge is 0.353 e. The fourth-order valence-electron chi connectivity index (χ4n) is 5.30. The van der Waals surface area contributed by atoms with Gasteiger partial charge in [0.25, 0.3) is 5.91 Å². The summed E-state index contributed by atoms with van der Waals surface area (Å²) >= 11 is 0. The van der Waals surface area contributed by atoms with Crippen LogP contribution < -0.4 is 10.6 Å². The lowest BCUT2D eigenvalue weighted by Gasteiger charge is -2.32. The van der Waals surface area contributed by atoms with E-state index >= 15 is 0 Å². The second-order valence-corrected chi connectivity index (χ2v) is 10.6. The molecule has 3 fully saturated rings. The average molecular weight is 531 g/mol. The summed E-state index contributed by atoms with van der Waals surface area (Å²) in [5.74, 6) is -0.550. The maximum absolute atomic E-state index is 13.8. The first-order chi connectivity index (χ1) is 18.2. The number of benzene rings is 1. The number of carbonyl (C=O) groups excluding carboxylic acids is 2. The first-order valence-electron chi connectivity index (χ1n) is 13.3. The molecule has 11 heteroatoms. The van der Waals surface area contributed by atoms with Crippen LogP contribution in [0.5, 0.6) is 0 Å². The standard InChI is InChI=1S/C27H33F3N6O2/c1-35-11-13-36(14-12-35)25(38)17-5-7-20(8-6-17)33-26-31-16-22(27(28,29)30)23(34-26)15-18-3-2-4-21(18)24(37)32-19-9-10-19/h5-8,16,18-19,21H,2-4,9-15H2,1H3,(H,32,37)(H,31,33,34)/t18-,21-/m0/s1. The number of hydrogen-bond donors (Lipinski definition) is 2. The van der Waals surface area contributed by atoms with Crippen molar-refractivity contribution in [2.75, 3.05) is 38.5 Å². The molecule has 2 aromatic rings. The highest BCUT2D eigenvalue weighted by molar-refractivity contribution is 5.94. The van der Waals surface area contributed by atoms with Gasteiger partial charge in [-0.05, 0) is 69.3 Å². The topological polar surface area (TPSA) is 90.5 Å². The first-order valence-corrected chi connectivity index (χ1v) is 13.3. The Morgan fingerprint density at radius 3 is 2.39 bits per heavy atom. The number of likely N-dealkylation sites (N-methyl/N-ethyl adjacent to an activating group) is 1. The third-order valence-electron chi connectivity index (χ3n) is 7.73. The number of hydrogen-bond acceptors (Lipinski definition) is 6. The Morgan fingerprint density at radius 1 is 1.03 bits per heavy atom. The van der Waals surface area contributed by atoms with Crippen LogP contribution in [0.25, 0.3) is 0 Å². The largest absolute Gasteiger partial charge is 0.419 e. The van der Waals surface area contributed by atoms with Crippen molar-refractivity contribution in [3.05, 3.63) is 47.3 Å². The lowest BCUT2D eigenvalue weighted by atomic mass is 9.89. The summed E-state index contributed by atoms with van der Waals surface area (Å²) in [5, 5.41) is 5.97. The van der Waals surface area contributed by atoms with Crippen molar-refractivity contribution in [2.24, 2.45) is 11.8 Å². The van der Waals surface area contributed by atoms with E-state index in [1.807, 2.05) is 11.9 Å². The molecule has 1 saturated heterocycles. The molecule has 2 saturated carbocycles. The van der Waals surface area contributed by atoms with Gasteiger partial charge in [0.05, 0.1) is 11.3 Å². The van der Waals surface area contributed by atoms with E-state index < -0.39 is 11.7 Å². The van der Waals surface area contributed by atoms with E-state index in [9.17, 15) is 22.8 Å². The zero-order valence-electron chi connectivity index (χ0n) is 21.4. The summed E-state index contributed by atoms with van der Waals surface area (Å²) in [4.78, 5) is 37.6. The molecule has 0 radical (unpaired) electrons. The Balaban J connectivity index is 1.29. The summed E-state index contributed by atoms with van der Waals surface area (Å²) in [6.45, 7) is 2.99. The summed E-state index contributed by atoms with van der Waals surface area (Å²) < 4.78 is 41.4. The van der Waals surface area contributed by atoms with Gasteiger partial charge in [-0.2, -0.15) is 13.2 Å². The molecule has 5 rings (SSSR count). The third-order valence-corrected chi connectivity index (χ3v) is 7.73. The van der Waals surface area contributed by atoms with Crippen LogP contribution in [0.2, 0.25) is 0 Å². The lowest BCUT2D eigenvalue weighted by molar-refractivity contribution is -0.138. The molecule has 38 heavy (non-hydrogen) atoms. The predicted octanol–water partition coefficient (Wildman–Crippen LogP) is 3.86. The van der Waals surface area contributed by atoms with Crippen LogP contribution in [0.3, 0.4) is 0 Å². The van der Waals surface area contributed by atoms with Crippen molar-refractivity contribution in [3.63, 3.8) is 0 Å². The monoisotopic (exact) mass is 530 g/mol. The molecule has 204 valence electrons. The van der Waals surface area contributed by atoms with Crippen LogP contribution in [-0.4, -0.2) is 70.9 Å². The number of alkyl halides is 3. The zero-order chi connectivity index (χ0) is 26.9. The molecule has 2 atom stereocenters. The van der Waals surface area contributed by atoms with Crippen LogP contribution >= 0.6 is 0 Å². The van der Waals surface area contributed by atoms with E-state index in [1.165, 1.54) is 0 Å². The van der Waals surface area contributed by atoms with Crippen LogP contribution in [0, 0.1) is 11.8 Å². The van der Waals surface area contributed by atoms with E-state index in [-0.39, 0.29) is 47.8 Å². The van der Waals surface area contributed by atoms with Gasteiger partial charge in [0, 0.05) is 55.6 Å². The van der Waals surface area contributed by atoms with Crippen molar-refractivity contribution in [2.45, 2.75) is 50.7 Å². The third kappa shape index (κ3) is 6.25. The minimum Gasteiger partial charge on any atom is -0.353 e. The molecular formula is C27H33F3N6O2. The van der Waals surface area contributed by atoms with Crippen LogP contribution in [0.4, 0.5) is 24.8 Å². The fourth-order valence-corrected chi connectivity index (χ4v) is 5.30. The molecule has 2 heterocycles. The number of aromatic nitrogens is 2. The molecule has 1 aliphatic heterocycles. The van der Waals surface area contributed by atoms with Crippen molar-refractivity contribution in [3.8, 4) is 0 Å². The molecule has 0 spiro atoms. The number of rotatable bonds is 7. The number of halogens is 3. The number of anilines is 2. The van der Waals surface area contributed by atoms with Gasteiger partial charge in [0.2, 0.25) is 11.9 Å². The van der Waals surface area contributed by atoms with Crippen molar-refractivity contribution in [1.29, 1.82) is 0 Å². The van der Waals surface area contributed by atoms with Crippen molar-refractivity contribution < 1.29 is 22.8 Å². The zero-order valence-corrected chi connectivity index (χ0v) is 21.4. The van der Waals surface area contributed by atoms with Gasteiger partial charge in [0.15, 0.2) is 0 Å². The Kier molecular flexibility index (Phi) is 7.56. The predicted molar refractivity (Wildman–Crippen MR) is 136 cm³/mol. The minimum atomic E-state index is -4.59. The highest BCUT2D eigenvalue weighted by atomic mass is 19.4. The van der Waals surface area contributed by atoms with Crippen molar-refractivity contribution >= 4 is 23.5 Å². The number of amides is 2. The van der Waals surface area contributed by atoms with E-state index in [0.717, 1.165) is 38.5 Å². The molecule has 2 amide bonds. The summed E-state index contributed by atoms with van der Waals surface area (Å²) in [7, 11) is 2.02. The Labute approximate surface area is 220 Å². The lowest BCUT2D eigenvalue weighted by Crippen LogP contribution is -2.47. The number of nitrogens with one attached hydrogen (secondary N) is 2. The van der Waals surface area contributed by atoms with E-state index in [4.69, 9.17) is 0 Å². The van der Waals surface area contributed by atoms with Gasteiger partial charge in [-0.3, -0.25) is 9.59 Å². The summed E-state index contributed by atoms with van der Waals surface area (Å²) in [6.07, 6.45) is 0.390. The number of piperazine rings is 1. The molecule has 3 aliphatic rings. The number of carbonyl (C=O) groups is 2. The van der Waals surface area contributed by atoms with E-state index in [2.05, 4.69) is 25.5 Å². The maximum Gasteiger partial charge on any atom is 0.419 e. The van der Waals surface area contributed by atoms with Gasteiger partial charge in [0.1, 0.15) is 0 Å². The molecule has 8 nitrogen and oxygen atoms in total.